The predicted octanol–water partition coefficient (Wildman–Crippen LogP) is 1.32. The third kappa shape index (κ3) is 2.19. The van der Waals surface area contributed by atoms with Crippen LogP contribution in [0.2, 0.25) is 0 Å². The van der Waals surface area contributed by atoms with Gasteiger partial charge in [0.05, 0.1) is 4.92 Å². The van der Waals surface area contributed by atoms with Crippen molar-refractivity contribution in [3.8, 4) is 0 Å². The number of rotatable bonds is 4. The third-order valence-corrected chi connectivity index (χ3v) is 4.94. The van der Waals surface area contributed by atoms with Gasteiger partial charge in [-0.1, -0.05) is 13.3 Å². The molecule has 2 aliphatic rings. The molecule has 3 atom stereocenters. The van der Waals surface area contributed by atoms with Gasteiger partial charge in [0.2, 0.25) is 5.82 Å². The van der Waals surface area contributed by atoms with Crippen molar-refractivity contribution in [1.82, 2.24) is 15.1 Å². The van der Waals surface area contributed by atoms with E-state index in [2.05, 4.69) is 22.2 Å². The lowest BCUT2D eigenvalue weighted by Gasteiger charge is -2.25. The number of anilines is 1. The van der Waals surface area contributed by atoms with Crippen molar-refractivity contribution in [3.63, 3.8) is 0 Å². The molecule has 7 heteroatoms. The van der Waals surface area contributed by atoms with Crippen LogP contribution in [0.1, 0.15) is 26.0 Å². The lowest BCUT2D eigenvalue weighted by atomic mass is 9.95. The summed E-state index contributed by atoms with van der Waals surface area (Å²) < 4.78 is 1.70. The molecular weight excluding hydrogens is 270 g/mol. The van der Waals surface area contributed by atoms with Crippen LogP contribution in [0.5, 0.6) is 0 Å². The SMILES string of the molecule is CCCc1nn(C)c(N2CC3CNCC3C2C)c1[N+](=O)[O-]. The quantitative estimate of drug-likeness (QED) is 0.669. The first-order valence-corrected chi connectivity index (χ1v) is 7.72. The Morgan fingerprint density at radius 2 is 2.24 bits per heavy atom. The molecule has 1 aromatic rings. The van der Waals surface area contributed by atoms with E-state index in [1.54, 1.807) is 4.68 Å². The van der Waals surface area contributed by atoms with Crippen LogP contribution in [0.15, 0.2) is 0 Å². The summed E-state index contributed by atoms with van der Waals surface area (Å²) in [5.74, 6) is 1.85. The molecule has 1 N–H and O–H groups in total. The Labute approximate surface area is 124 Å². The number of nitro groups is 1. The lowest BCUT2D eigenvalue weighted by molar-refractivity contribution is -0.384. The van der Waals surface area contributed by atoms with Crippen molar-refractivity contribution in [2.75, 3.05) is 24.5 Å². The Morgan fingerprint density at radius 3 is 2.86 bits per heavy atom. The summed E-state index contributed by atoms with van der Waals surface area (Å²) in [6.07, 6.45) is 1.52. The average Bonchev–Trinajstić information content (AvgIpc) is 3.06. The van der Waals surface area contributed by atoms with E-state index < -0.39 is 0 Å². The first-order chi connectivity index (χ1) is 10.0. The van der Waals surface area contributed by atoms with Gasteiger partial charge in [0.1, 0.15) is 5.69 Å². The molecular formula is C14H23N5O2. The zero-order valence-corrected chi connectivity index (χ0v) is 12.9. The average molecular weight is 293 g/mol. The normalized spacial score (nSPS) is 28.1. The zero-order valence-electron chi connectivity index (χ0n) is 12.9. The van der Waals surface area contributed by atoms with E-state index in [1.807, 2.05) is 14.0 Å². The van der Waals surface area contributed by atoms with Crippen molar-refractivity contribution in [2.24, 2.45) is 18.9 Å². The maximum absolute atomic E-state index is 11.6. The first kappa shape index (κ1) is 14.3. The number of hydrogen-bond donors (Lipinski definition) is 1. The van der Waals surface area contributed by atoms with Gasteiger partial charge in [-0.05, 0) is 25.2 Å². The second-order valence-corrected chi connectivity index (χ2v) is 6.22. The molecule has 0 saturated carbocycles. The summed E-state index contributed by atoms with van der Waals surface area (Å²) in [5, 5.41) is 19.4. The Bertz CT molecular complexity index is 556. The summed E-state index contributed by atoms with van der Waals surface area (Å²) in [6.45, 7) is 7.10. The number of nitrogens with one attached hydrogen (secondary N) is 1. The van der Waals surface area contributed by atoms with E-state index in [-0.39, 0.29) is 10.6 Å². The monoisotopic (exact) mass is 293 g/mol. The minimum atomic E-state index is -0.258. The summed E-state index contributed by atoms with van der Waals surface area (Å²) >= 11 is 0. The highest BCUT2D eigenvalue weighted by Gasteiger charge is 2.45. The first-order valence-electron chi connectivity index (χ1n) is 7.72. The summed E-state index contributed by atoms with van der Waals surface area (Å²) in [4.78, 5) is 13.5. The Kier molecular flexibility index (Phi) is 3.61. The van der Waals surface area contributed by atoms with E-state index in [1.165, 1.54) is 0 Å². The van der Waals surface area contributed by atoms with Crippen molar-refractivity contribution in [1.29, 1.82) is 0 Å². The number of nitrogens with zero attached hydrogens (tertiary/aromatic N) is 4. The van der Waals surface area contributed by atoms with E-state index in [9.17, 15) is 10.1 Å². The minimum absolute atomic E-state index is 0.208. The van der Waals surface area contributed by atoms with E-state index in [0.717, 1.165) is 26.1 Å². The van der Waals surface area contributed by atoms with Gasteiger partial charge in [-0.3, -0.25) is 10.1 Å². The maximum Gasteiger partial charge on any atom is 0.334 e. The van der Waals surface area contributed by atoms with Gasteiger partial charge in [0.25, 0.3) is 0 Å². The highest BCUT2D eigenvalue weighted by Crippen LogP contribution is 2.40. The molecule has 2 saturated heterocycles. The van der Waals surface area contributed by atoms with Crippen LogP contribution in [0.4, 0.5) is 11.5 Å². The van der Waals surface area contributed by atoms with E-state index in [4.69, 9.17) is 0 Å². The number of aromatic nitrogens is 2. The molecule has 0 bridgehead atoms. The van der Waals surface area contributed by atoms with Gasteiger partial charge in [-0.25, -0.2) is 4.68 Å². The molecule has 21 heavy (non-hydrogen) atoms. The second-order valence-electron chi connectivity index (χ2n) is 6.22. The number of aryl methyl sites for hydroxylation is 2. The topological polar surface area (TPSA) is 76.2 Å². The largest absolute Gasteiger partial charge is 0.348 e. The molecule has 0 aromatic carbocycles. The lowest BCUT2D eigenvalue weighted by Crippen LogP contribution is -2.34. The van der Waals surface area contributed by atoms with Crippen LogP contribution >= 0.6 is 0 Å². The fourth-order valence-corrected chi connectivity index (χ4v) is 3.92. The molecule has 2 aliphatic heterocycles. The van der Waals surface area contributed by atoms with Crippen molar-refractivity contribution in [3.05, 3.63) is 15.8 Å². The van der Waals surface area contributed by atoms with Crippen molar-refractivity contribution >= 4 is 11.5 Å². The Balaban J connectivity index is 2.00. The Morgan fingerprint density at radius 1 is 1.48 bits per heavy atom. The van der Waals surface area contributed by atoms with Gasteiger partial charge in [0.15, 0.2) is 0 Å². The third-order valence-electron chi connectivity index (χ3n) is 4.94. The van der Waals surface area contributed by atoms with Crippen LogP contribution in [-0.2, 0) is 13.5 Å². The van der Waals surface area contributed by atoms with Gasteiger partial charge < -0.3 is 10.2 Å². The molecule has 0 spiro atoms. The molecule has 116 valence electrons. The second kappa shape index (κ2) is 5.29. The van der Waals surface area contributed by atoms with Crippen molar-refractivity contribution in [2.45, 2.75) is 32.7 Å². The highest BCUT2D eigenvalue weighted by molar-refractivity contribution is 5.63. The van der Waals surface area contributed by atoms with Crippen LogP contribution in [0, 0.1) is 22.0 Å². The summed E-state index contributed by atoms with van der Waals surface area (Å²) in [7, 11) is 1.82. The van der Waals surface area contributed by atoms with Gasteiger partial charge >= 0.3 is 5.69 Å². The molecule has 2 fully saturated rings. The standard InChI is InChI=1S/C14H23N5O2/c1-4-5-12-13(19(20)21)14(17(3)16-12)18-8-10-6-15-7-11(10)9(18)2/h9-11,15H,4-8H2,1-3H3. The van der Waals surface area contributed by atoms with Crippen LogP contribution < -0.4 is 10.2 Å². The molecule has 1 aromatic heterocycles. The smallest absolute Gasteiger partial charge is 0.334 e. The molecule has 0 radical (unpaired) electrons. The van der Waals surface area contributed by atoms with Gasteiger partial charge in [-0.2, -0.15) is 5.10 Å². The van der Waals surface area contributed by atoms with Crippen molar-refractivity contribution < 1.29 is 4.92 Å². The van der Waals surface area contributed by atoms with E-state index >= 15 is 0 Å². The molecule has 0 amide bonds. The molecule has 3 rings (SSSR count). The predicted molar refractivity (Wildman–Crippen MR) is 80.5 cm³/mol. The summed E-state index contributed by atoms with van der Waals surface area (Å²) in [6, 6.07) is 0.313. The van der Waals surface area contributed by atoms with Gasteiger partial charge in [0, 0.05) is 32.7 Å². The zero-order chi connectivity index (χ0) is 15.1. The van der Waals surface area contributed by atoms with Crippen LogP contribution in [0.25, 0.3) is 0 Å². The fraction of sp³-hybridized carbons (Fsp3) is 0.786. The molecule has 3 unspecified atom stereocenters. The highest BCUT2D eigenvalue weighted by atomic mass is 16.6. The van der Waals surface area contributed by atoms with E-state index in [0.29, 0.717) is 35.8 Å². The van der Waals surface area contributed by atoms with Crippen LogP contribution in [-0.4, -0.2) is 40.4 Å². The minimum Gasteiger partial charge on any atom is -0.348 e. The fourth-order valence-electron chi connectivity index (χ4n) is 3.92. The van der Waals surface area contributed by atoms with Gasteiger partial charge in [-0.15, -0.1) is 0 Å². The summed E-state index contributed by atoms with van der Waals surface area (Å²) in [5.41, 5.74) is 0.821. The number of hydrogen-bond acceptors (Lipinski definition) is 5. The Hall–Kier alpha value is -1.63. The molecule has 7 nitrogen and oxygen atoms in total. The van der Waals surface area contributed by atoms with Crippen LogP contribution in [0.3, 0.4) is 0 Å². The molecule has 3 heterocycles. The molecule has 0 aliphatic carbocycles. The number of fused-ring (bicyclic) bond motifs is 1. The maximum atomic E-state index is 11.6.